The van der Waals surface area contributed by atoms with Gasteiger partial charge in [0.05, 0.1) is 6.26 Å². The first-order valence-electron chi connectivity index (χ1n) is 5.88. The molecule has 3 aromatic rings. The molecule has 7 heteroatoms. The molecule has 0 bridgehead atoms. The van der Waals surface area contributed by atoms with E-state index in [2.05, 4.69) is 15.0 Å². The van der Waals surface area contributed by atoms with E-state index in [-0.39, 0.29) is 16.6 Å². The molecule has 3 aromatic heterocycles. The molecule has 0 aliphatic heterocycles. The number of pyridine rings is 1. The molecular weight excluding hydrogens is 290 g/mol. The van der Waals surface area contributed by atoms with Gasteiger partial charge in [0.1, 0.15) is 16.3 Å². The summed E-state index contributed by atoms with van der Waals surface area (Å²) >= 11 is 0.995. The molecule has 0 aromatic carbocycles. The van der Waals surface area contributed by atoms with Crippen molar-refractivity contribution in [2.45, 2.75) is 0 Å². The quantitative estimate of drug-likeness (QED) is 0.420. The van der Waals surface area contributed by atoms with Crippen LogP contribution >= 0.6 is 11.3 Å². The van der Waals surface area contributed by atoms with Crippen LogP contribution in [0.4, 0.5) is 5.13 Å². The Morgan fingerprint density at radius 1 is 1.29 bits per heavy atom. The van der Waals surface area contributed by atoms with Gasteiger partial charge >= 0.3 is 0 Å². The van der Waals surface area contributed by atoms with Gasteiger partial charge in [-0.1, -0.05) is 17.4 Å². The van der Waals surface area contributed by atoms with Gasteiger partial charge in [0.25, 0.3) is 0 Å². The summed E-state index contributed by atoms with van der Waals surface area (Å²) in [6.45, 7) is 0. The van der Waals surface area contributed by atoms with Crippen molar-refractivity contribution >= 4 is 28.3 Å². The minimum atomic E-state index is -0.299. The maximum Gasteiger partial charge on any atom is 0.242 e. The van der Waals surface area contributed by atoms with Crippen LogP contribution in [0.3, 0.4) is 0 Å². The van der Waals surface area contributed by atoms with Crippen LogP contribution in [0.5, 0.6) is 0 Å². The smallest absolute Gasteiger partial charge is 0.242 e. The van der Waals surface area contributed by atoms with Crippen molar-refractivity contribution in [3.8, 4) is 11.5 Å². The summed E-state index contributed by atoms with van der Waals surface area (Å²) in [5, 5.41) is 0.149. The zero-order valence-electron chi connectivity index (χ0n) is 10.5. The Morgan fingerprint density at radius 3 is 2.86 bits per heavy atom. The summed E-state index contributed by atoms with van der Waals surface area (Å²) in [6, 6.07) is 8.42. The highest BCUT2D eigenvalue weighted by molar-refractivity contribution is 7.17. The van der Waals surface area contributed by atoms with Gasteiger partial charge < -0.3 is 4.42 Å². The molecule has 0 amide bonds. The van der Waals surface area contributed by atoms with Gasteiger partial charge in [-0.15, -0.1) is 4.99 Å². The zero-order chi connectivity index (χ0) is 14.7. The van der Waals surface area contributed by atoms with E-state index in [4.69, 9.17) is 4.42 Å². The van der Waals surface area contributed by atoms with E-state index in [9.17, 15) is 9.59 Å². The molecule has 0 N–H and O–H groups in total. The van der Waals surface area contributed by atoms with Gasteiger partial charge in [-0.25, -0.2) is 9.78 Å². The van der Waals surface area contributed by atoms with E-state index in [0.29, 0.717) is 16.3 Å². The molecule has 102 valence electrons. The monoisotopic (exact) mass is 297 g/mol. The number of hydrogen-bond donors (Lipinski definition) is 0. The Bertz CT molecular complexity index is 819. The van der Waals surface area contributed by atoms with Gasteiger partial charge in [0.15, 0.2) is 5.76 Å². The summed E-state index contributed by atoms with van der Waals surface area (Å²) in [5.41, 5.74) is 0.630. The predicted octanol–water partition coefficient (Wildman–Crippen LogP) is 3.00. The van der Waals surface area contributed by atoms with E-state index in [1.54, 1.807) is 30.3 Å². The van der Waals surface area contributed by atoms with Gasteiger partial charge in [-0.2, -0.15) is 0 Å². The van der Waals surface area contributed by atoms with Gasteiger partial charge in [-0.05, 0) is 24.3 Å². The normalized spacial score (nSPS) is 10.1. The topological polar surface area (TPSA) is 85.4 Å². The molecular formula is C14H7N3O3S. The van der Waals surface area contributed by atoms with Crippen LogP contribution in [0.15, 0.2) is 52.2 Å². The van der Waals surface area contributed by atoms with Crippen molar-refractivity contribution in [2.24, 2.45) is 4.99 Å². The summed E-state index contributed by atoms with van der Waals surface area (Å²) in [5.74, 6) is 0.129. The molecule has 3 rings (SSSR count). The Morgan fingerprint density at radius 2 is 2.19 bits per heavy atom. The van der Waals surface area contributed by atoms with Crippen molar-refractivity contribution in [2.75, 3.05) is 0 Å². The molecule has 21 heavy (non-hydrogen) atoms. The van der Waals surface area contributed by atoms with Gasteiger partial charge in [0.2, 0.25) is 17.0 Å². The van der Waals surface area contributed by atoms with E-state index >= 15 is 0 Å². The standard InChI is InChI=1S/C14H7N3O3S/c18-8-16-14-17-11(10-5-3-7-20-10)13(21-14)12(19)9-4-1-2-6-15-9/h1-7H. The number of nitrogens with zero attached hydrogens (tertiary/aromatic N) is 3. The second kappa shape index (κ2) is 5.62. The second-order valence-electron chi connectivity index (χ2n) is 3.90. The fourth-order valence-electron chi connectivity index (χ4n) is 1.74. The lowest BCUT2D eigenvalue weighted by atomic mass is 10.1. The first-order chi connectivity index (χ1) is 10.3. The van der Waals surface area contributed by atoms with E-state index < -0.39 is 0 Å². The fourth-order valence-corrected chi connectivity index (χ4v) is 2.59. The number of carbonyl (C=O) groups excluding carboxylic acids is 2. The van der Waals surface area contributed by atoms with Crippen LogP contribution in [0, 0.1) is 0 Å². The fraction of sp³-hybridized carbons (Fsp3) is 0. The van der Waals surface area contributed by atoms with Crippen LogP contribution in [0.1, 0.15) is 15.4 Å². The van der Waals surface area contributed by atoms with Gasteiger partial charge in [0, 0.05) is 6.20 Å². The Hall–Kier alpha value is -2.89. The minimum Gasteiger partial charge on any atom is -0.463 e. The molecule has 6 nitrogen and oxygen atoms in total. The molecule has 0 spiro atoms. The largest absolute Gasteiger partial charge is 0.463 e. The maximum atomic E-state index is 12.5. The minimum absolute atomic E-state index is 0.149. The first kappa shape index (κ1) is 13.1. The molecule has 0 aliphatic rings. The number of carbonyl (C=O) groups is 1. The van der Waals surface area contributed by atoms with Crippen molar-refractivity contribution < 1.29 is 14.0 Å². The SMILES string of the molecule is O=C=Nc1nc(-c2ccco2)c(C(=O)c2ccccn2)s1. The van der Waals surface area contributed by atoms with Crippen LogP contribution < -0.4 is 0 Å². The van der Waals surface area contributed by atoms with Crippen molar-refractivity contribution in [1.82, 2.24) is 9.97 Å². The highest BCUT2D eigenvalue weighted by Crippen LogP contribution is 2.34. The van der Waals surface area contributed by atoms with Crippen LogP contribution in [-0.4, -0.2) is 21.8 Å². The number of rotatable bonds is 4. The molecule has 0 aliphatic carbocycles. The first-order valence-corrected chi connectivity index (χ1v) is 6.69. The zero-order valence-corrected chi connectivity index (χ0v) is 11.3. The van der Waals surface area contributed by atoms with Crippen LogP contribution in [0.25, 0.3) is 11.5 Å². The highest BCUT2D eigenvalue weighted by Gasteiger charge is 2.23. The summed E-state index contributed by atoms with van der Waals surface area (Å²) < 4.78 is 5.27. The van der Waals surface area contributed by atoms with Gasteiger partial charge in [-0.3, -0.25) is 9.78 Å². The summed E-state index contributed by atoms with van der Waals surface area (Å²) in [4.78, 5) is 34.8. The molecule has 0 saturated heterocycles. The number of ketones is 1. The molecule has 0 saturated carbocycles. The Labute approximate surface area is 122 Å². The van der Waals surface area contributed by atoms with E-state index in [1.165, 1.54) is 18.5 Å². The van der Waals surface area contributed by atoms with Crippen LogP contribution in [-0.2, 0) is 4.79 Å². The lowest BCUT2D eigenvalue weighted by Crippen LogP contribution is -2.02. The third-order valence-electron chi connectivity index (χ3n) is 2.62. The number of thiazole rings is 1. The lowest BCUT2D eigenvalue weighted by Gasteiger charge is -1.98. The Kier molecular flexibility index (Phi) is 3.51. The molecule has 0 radical (unpaired) electrons. The second-order valence-corrected chi connectivity index (χ2v) is 4.88. The highest BCUT2D eigenvalue weighted by atomic mass is 32.1. The van der Waals surface area contributed by atoms with Crippen LogP contribution in [0.2, 0.25) is 0 Å². The summed E-state index contributed by atoms with van der Waals surface area (Å²) in [6.07, 6.45) is 4.43. The van der Waals surface area contributed by atoms with E-state index in [0.717, 1.165) is 11.3 Å². The number of aliphatic imine (C=N–C) groups is 1. The molecule has 0 fully saturated rings. The number of hydrogen-bond acceptors (Lipinski definition) is 7. The van der Waals surface area contributed by atoms with Crippen molar-refractivity contribution in [3.63, 3.8) is 0 Å². The molecule has 0 unspecified atom stereocenters. The average molecular weight is 297 g/mol. The lowest BCUT2D eigenvalue weighted by molar-refractivity contribution is 0.103. The van der Waals surface area contributed by atoms with Crippen molar-refractivity contribution in [3.05, 3.63) is 53.4 Å². The number of isocyanates is 1. The molecule has 0 atom stereocenters. The Balaban J connectivity index is 2.13. The third kappa shape index (κ3) is 2.55. The number of aromatic nitrogens is 2. The van der Waals surface area contributed by atoms with E-state index in [1.807, 2.05) is 0 Å². The summed E-state index contributed by atoms with van der Waals surface area (Å²) in [7, 11) is 0. The average Bonchev–Trinajstić information content (AvgIpc) is 3.16. The number of furan rings is 1. The molecule has 3 heterocycles. The maximum absolute atomic E-state index is 12.5. The third-order valence-corrected chi connectivity index (χ3v) is 3.56. The van der Waals surface area contributed by atoms with Crippen molar-refractivity contribution in [1.29, 1.82) is 0 Å². The predicted molar refractivity (Wildman–Crippen MR) is 75.3 cm³/mol.